The predicted octanol–water partition coefficient (Wildman–Crippen LogP) is 7.19. The van der Waals surface area contributed by atoms with Crippen molar-refractivity contribution in [2.75, 3.05) is 10.6 Å². The van der Waals surface area contributed by atoms with Gasteiger partial charge in [-0.25, -0.2) is 0 Å². The maximum atomic E-state index is 13.0. The van der Waals surface area contributed by atoms with Crippen molar-refractivity contribution in [2.45, 2.75) is 45.6 Å². The number of carbonyl (C=O) groups is 2. The van der Waals surface area contributed by atoms with E-state index >= 15 is 0 Å². The van der Waals surface area contributed by atoms with Gasteiger partial charge in [-0.3, -0.25) is 9.59 Å². The molecule has 1 atom stereocenters. The van der Waals surface area contributed by atoms with Crippen molar-refractivity contribution in [3.63, 3.8) is 0 Å². The van der Waals surface area contributed by atoms with Gasteiger partial charge >= 0.3 is 0 Å². The van der Waals surface area contributed by atoms with E-state index in [1.54, 1.807) is 24.3 Å². The van der Waals surface area contributed by atoms with Crippen LogP contribution in [0.2, 0.25) is 0 Å². The minimum absolute atomic E-state index is 0.0230. The molecule has 184 valence electrons. The van der Waals surface area contributed by atoms with E-state index in [1.807, 2.05) is 73.7 Å². The number of hydrogen-bond donors (Lipinski definition) is 2. The Hall–Kier alpha value is -4.12. The number of benzene rings is 4. The molecule has 0 radical (unpaired) electrons. The summed E-state index contributed by atoms with van der Waals surface area (Å²) in [7, 11) is 0. The summed E-state index contributed by atoms with van der Waals surface area (Å²) in [6.45, 7) is 8.32. The van der Waals surface area contributed by atoms with Crippen LogP contribution in [0.3, 0.4) is 0 Å². The molecule has 2 N–H and O–H groups in total. The summed E-state index contributed by atoms with van der Waals surface area (Å²) in [6.07, 6.45) is -0.147. The quantitative estimate of drug-likeness (QED) is 0.294. The van der Waals surface area contributed by atoms with Gasteiger partial charge in [-0.15, -0.1) is 0 Å². The van der Waals surface area contributed by atoms with Crippen molar-refractivity contribution < 1.29 is 14.3 Å². The van der Waals surface area contributed by atoms with Crippen LogP contribution in [0.5, 0.6) is 5.75 Å². The first-order valence-electron chi connectivity index (χ1n) is 12.2. The first kappa shape index (κ1) is 25.0. The highest BCUT2D eigenvalue weighted by atomic mass is 16.5. The predicted molar refractivity (Wildman–Crippen MR) is 147 cm³/mol. The zero-order valence-electron chi connectivity index (χ0n) is 21.2. The van der Waals surface area contributed by atoms with Gasteiger partial charge in [-0.2, -0.15) is 0 Å². The molecule has 0 fully saturated rings. The van der Waals surface area contributed by atoms with Gasteiger partial charge in [-0.05, 0) is 59.2 Å². The highest BCUT2D eigenvalue weighted by molar-refractivity contribution is 6.05. The van der Waals surface area contributed by atoms with Crippen LogP contribution in [0.4, 0.5) is 11.4 Å². The molecule has 0 bridgehead atoms. The molecule has 5 nitrogen and oxygen atoms in total. The summed E-state index contributed by atoms with van der Waals surface area (Å²) in [4.78, 5) is 25.8. The van der Waals surface area contributed by atoms with Crippen LogP contribution < -0.4 is 15.4 Å². The van der Waals surface area contributed by atoms with E-state index in [0.717, 1.165) is 10.8 Å². The normalized spacial score (nSPS) is 12.1. The molecule has 2 amide bonds. The van der Waals surface area contributed by atoms with Crippen LogP contribution in [0.15, 0.2) is 91.0 Å². The zero-order valence-corrected chi connectivity index (χ0v) is 21.2. The fraction of sp³-hybridized carbons (Fsp3) is 0.226. The van der Waals surface area contributed by atoms with Crippen molar-refractivity contribution in [2.24, 2.45) is 0 Å². The summed E-state index contributed by atoms with van der Waals surface area (Å²) >= 11 is 0. The average molecular weight is 481 g/mol. The highest BCUT2D eigenvalue weighted by Gasteiger charge is 2.20. The maximum Gasteiger partial charge on any atom is 0.265 e. The van der Waals surface area contributed by atoms with Crippen molar-refractivity contribution >= 4 is 34.0 Å². The molecule has 0 unspecified atom stereocenters. The van der Waals surface area contributed by atoms with Gasteiger partial charge in [0.15, 0.2) is 6.10 Å². The van der Waals surface area contributed by atoms with Crippen LogP contribution >= 0.6 is 0 Å². The lowest BCUT2D eigenvalue weighted by Crippen LogP contribution is -2.32. The molecule has 0 spiro atoms. The molecule has 36 heavy (non-hydrogen) atoms. The molecule has 4 rings (SSSR count). The van der Waals surface area contributed by atoms with Crippen molar-refractivity contribution in [3.05, 3.63) is 102 Å². The SMILES string of the molecule is CC[C@H](Oc1cccc2ccccc12)C(=O)Nc1cccc(NC(=O)c2ccc(C(C)(C)C)cc2)c1. The van der Waals surface area contributed by atoms with Crippen LogP contribution in [-0.2, 0) is 10.2 Å². The number of nitrogens with one attached hydrogen (secondary N) is 2. The molecule has 0 aromatic heterocycles. The number of ether oxygens (including phenoxy) is 1. The van der Waals surface area contributed by atoms with E-state index in [4.69, 9.17) is 4.74 Å². The molecular weight excluding hydrogens is 448 g/mol. The lowest BCUT2D eigenvalue weighted by Gasteiger charge is -2.19. The fourth-order valence-corrected chi connectivity index (χ4v) is 4.00. The van der Waals surface area contributed by atoms with Gasteiger partial charge < -0.3 is 15.4 Å². The van der Waals surface area contributed by atoms with Crippen LogP contribution in [-0.4, -0.2) is 17.9 Å². The Morgan fingerprint density at radius 2 is 1.44 bits per heavy atom. The van der Waals surface area contributed by atoms with E-state index < -0.39 is 6.10 Å². The van der Waals surface area contributed by atoms with E-state index in [0.29, 0.717) is 29.1 Å². The van der Waals surface area contributed by atoms with Crippen molar-refractivity contribution in [3.8, 4) is 5.75 Å². The molecule has 4 aromatic rings. The zero-order chi connectivity index (χ0) is 25.7. The molecule has 0 heterocycles. The van der Waals surface area contributed by atoms with E-state index in [9.17, 15) is 9.59 Å². The molecule has 0 aliphatic heterocycles. The molecule has 0 aliphatic carbocycles. The van der Waals surface area contributed by atoms with Gasteiger partial charge in [0, 0.05) is 22.3 Å². The second kappa shape index (κ2) is 10.6. The van der Waals surface area contributed by atoms with Gasteiger partial charge in [0.05, 0.1) is 0 Å². The Morgan fingerprint density at radius 3 is 2.14 bits per heavy atom. The first-order valence-corrected chi connectivity index (χ1v) is 12.2. The van der Waals surface area contributed by atoms with Crippen molar-refractivity contribution in [1.29, 1.82) is 0 Å². The number of rotatable bonds is 7. The lowest BCUT2D eigenvalue weighted by molar-refractivity contribution is -0.122. The molecular formula is C31H32N2O3. The summed E-state index contributed by atoms with van der Waals surface area (Å²) in [5.74, 6) is 0.227. The number of amides is 2. The fourth-order valence-electron chi connectivity index (χ4n) is 4.00. The number of anilines is 2. The Balaban J connectivity index is 1.43. The third-order valence-corrected chi connectivity index (χ3v) is 6.08. The third kappa shape index (κ3) is 5.92. The van der Waals surface area contributed by atoms with Gasteiger partial charge in [0.25, 0.3) is 11.8 Å². The largest absolute Gasteiger partial charge is 0.480 e. The number of fused-ring (bicyclic) bond motifs is 1. The number of hydrogen-bond acceptors (Lipinski definition) is 3. The van der Waals surface area contributed by atoms with Crippen molar-refractivity contribution in [1.82, 2.24) is 0 Å². The molecule has 5 heteroatoms. The van der Waals surface area contributed by atoms with E-state index in [2.05, 4.69) is 31.4 Å². The van der Waals surface area contributed by atoms with Gasteiger partial charge in [0.1, 0.15) is 5.75 Å². The summed E-state index contributed by atoms with van der Waals surface area (Å²) < 4.78 is 6.12. The van der Waals surface area contributed by atoms with Gasteiger partial charge in [-0.1, -0.05) is 82.3 Å². The standard InChI is InChI=1S/C31H32N2O3/c1-5-27(36-28-15-8-11-21-10-6-7-14-26(21)28)30(35)33-25-13-9-12-24(20-25)32-29(34)22-16-18-23(19-17-22)31(2,3)4/h6-20,27H,5H2,1-4H3,(H,32,34)(H,33,35)/t27-/m0/s1. The minimum Gasteiger partial charge on any atom is -0.480 e. The Kier molecular flexibility index (Phi) is 7.39. The third-order valence-electron chi connectivity index (χ3n) is 6.08. The second-order valence-corrected chi connectivity index (χ2v) is 9.84. The first-order chi connectivity index (χ1) is 17.2. The van der Waals surface area contributed by atoms with E-state index in [1.165, 1.54) is 5.56 Å². The highest BCUT2D eigenvalue weighted by Crippen LogP contribution is 2.27. The van der Waals surface area contributed by atoms with E-state index in [-0.39, 0.29) is 17.2 Å². The van der Waals surface area contributed by atoms with Crippen LogP contribution in [0.25, 0.3) is 10.8 Å². The summed E-state index contributed by atoms with van der Waals surface area (Å²) in [5, 5.41) is 7.86. The maximum absolute atomic E-state index is 13.0. The summed E-state index contributed by atoms with van der Waals surface area (Å²) in [5.41, 5.74) is 2.95. The minimum atomic E-state index is -0.657. The molecule has 0 saturated carbocycles. The summed E-state index contributed by atoms with van der Waals surface area (Å²) in [6, 6.07) is 28.5. The number of carbonyl (C=O) groups excluding carboxylic acids is 2. The second-order valence-electron chi connectivity index (χ2n) is 9.84. The average Bonchev–Trinajstić information content (AvgIpc) is 2.87. The Labute approximate surface area is 212 Å². The smallest absolute Gasteiger partial charge is 0.265 e. The molecule has 0 aliphatic rings. The van der Waals surface area contributed by atoms with Gasteiger partial charge in [0.2, 0.25) is 0 Å². The molecule has 0 saturated heterocycles. The Bertz CT molecular complexity index is 1370. The topological polar surface area (TPSA) is 67.4 Å². The molecule has 4 aromatic carbocycles. The Morgan fingerprint density at radius 1 is 0.806 bits per heavy atom. The van der Waals surface area contributed by atoms with Crippen LogP contribution in [0.1, 0.15) is 50.0 Å². The van der Waals surface area contributed by atoms with Crippen LogP contribution in [0, 0.1) is 0 Å². The lowest BCUT2D eigenvalue weighted by atomic mass is 9.87. The monoisotopic (exact) mass is 480 g/mol.